The lowest BCUT2D eigenvalue weighted by Crippen LogP contribution is -2.29. The lowest BCUT2D eigenvalue weighted by molar-refractivity contribution is 0.581. The molecule has 1 unspecified atom stereocenters. The Kier molecular flexibility index (Phi) is 5.64. The Balaban J connectivity index is 2.92. The molecule has 19 heavy (non-hydrogen) atoms. The van der Waals surface area contributed by atoms with E-state index in [1.165, 1.54) is 12.1 Å². The van der Waals surface area contributed by atoms with Crippen LogP contribution in [0, 0.1) is 19.7 Å². The first-order valence-electron chi connectivity index (χ1n) is 5.89. The van der Waals surface area contributed by atoms with Crippen LogP contribution in [0.25, 0.3) is 0 Å². The Hall–Kier alpha value is -0.790. The number of rotatable bonds is 6. The molecule has 0 saturated heterocycles. The highest BCUT2D eigenvalue weighted by molar-refractivity contribution is 7.89. The van der Waals surface area contributed by atoms with E-state index in [4.69, 9.17) is 0 Å². The van der Waals surface area contributed by atoms with Crippen molar-refractivity contribution in [3.05, 3.63) is 29.1 Å². The van der Waals surface area contributed by atoms with Crippen LogP contribution < -0.4 is 4.72 Å². The molecular weight excluding hydrogens is 289 g/mol. The third kappa shape index (κ3) is 4.36. The van der Waals surface area contributed by atoms with Gasteiger partial charge in [-0.3, -0.25) is 4.21 Å². The lowest BCUT2D eigenvalue weighted by atomic mass is 10.1. The van der Waals surface area contributed by atoms with Gasteiger partial charge < -0.3 is 0 Å². The number of benzene rings is 1. The Morgan fingerprint density at radius 1 is 1.26 bits per heavy atom. The van der Waals surface area contributed by atoms with Crippen molar-refractivity contribution >= 4 is 20.8 Å². The first-order chi connectivity index (χ1) is 8.77. The third-order valence-corrected chi connectivity index (χ3v) is 5.71. The van der Waals surface area contributed by atoms with Crippen molar-refractivity contribution in [3.63, 3.8) is 0 Å². The van der Waals surface area contributed by atoms with Crippen LogP contribution in [0.1, 0.15) is 18.1 Å². The molecule has 0 saturated carbocycles. The van der Waals surface area contributed by atoms with Crippen LogP contribution in [0.5, 0.6) is 0 Å². The first kappa shape index (κ1) is 16.3. The molecule has 0 aliphatic carbocycles. The summed E-state index contributed by atoms with van der Waals surface area (Å²) in [6.07, 6.45) is 0. The van der Waals surface area contributed by atoms with E-state index < -0.39 is 26.6 Å². The fourth-order valence-corrected chi connectivity index (χ4v) is 4.06. The lowest BCUT2D eigenvalue weighted by Gasteiger charge is -2.12. The maximum Gasteiger partial charge on any atom is 0.241 e. The molecule has 0 spiro atoms. The molecule has 0 amide bonds. The molecule has 1 aromatic carbocycles. The second-order valence-corrected chi connectivity index (χ2v) is 7.77. The van der Waals surface area contributed by atoms with E-state index in [1.807, 2.05) is 0 Å². The Labute approximate surface area is 115 Å². The molecule has 1 aromatic rings. The van der Waals surface area contributed by atoms with Gasteiger partial charge in [0.25, 0.3) is 0 Å². The van der Waals surface area contributed by atoms with E-state index in [2.05, 4.69) is 4.72 Å². The number of nitrogens with one attached hydrogen (secondary N) is 1. The van der Waals surface area contributed by atoms with E-state index in [1.54, 1.807) is 20.8 Å². The van der Waals surface area contributed by atoms with Gasteiger partial charge in [-0.15, -0.1) is 0 Å². The summed E-state index contributed by atoms with van der Waals surface area (Å²) in [6, 6.07) is 2.37. The maximum absolute atomic E-state index is 13.1. The van der Waals surface area contributed by atoms with Crippen LogP contribution in [-0.4, -0.2) is 30.7 Å². The second-order valence-electron chi connectivity index (χ2n) is 4.20. The van der Waals surface area contributed by atoms with Gasteiger partial charge in [-0.1, -0.05) is 6.92 Å². The summed E-state index contributed by atoms with van der Waals surface area (Å²) in [7, 11) is -4.71. The molecular formula is C12H18FNO3S2. The zero-order valence-corrected chi connectivity index (χ0v) is 12.8. The van der Waals surface area contributed by atoms with Crippen LogP contribution in [0.4, 0.5) is 4.39 Å². The van der Waals surface area contributed by atoms with Gasteiger partial charge in [-0.25, -0.2) is 17.5 Å². The summed E-state index contributed by atoms with van der Waals surface area (Å²) < 4.78 is 51.0. The fraction of sp³-hybridized carbons (Fsp3) is 0.500. The summed E-state index contributed by atoms with van der Waals surface area (Å²) in [4.78, 5) is 0.0937. The van der Waals surface area contributed by atoms with Crippen LogP contribution in [0.15, 0.2) is 17.0 Å². The van der Waals surface area contributed by atoms with E-state index in [-0.39, 0.29) is 17.2 Å². The zero-order chi connectivity index (χ0) is 14.6. The Morgan fingerprint density at radius 2 is 1.79 bits per heavy atom. The van der Waals surface area contributed by atoms with Crippen molar-refractivity contribution in [1.29, 1.82) is 0 Å². The summed E-state index contributed by atoms with van der Waals surface area (Å²) in [5.74, 6) is 0.312. The quantitative estimate of drug-likeness (QED) is 0.866. The molecule has 7 heteroatoms. The summed E-state index contributed by atoms with van der Waals surface area (Å²) in [5.41, 5.74) is 0.725. The molecule has 4 nitrogen and oxygen atoms in total. The number of halogens is 1. The highest BCUT2D eigenvalue weighted by atomic mass is 32.2. The number of hydrogen-bond donors (Lipinski definition) is 1. The van der Waals surface area contributed by atoms with E-state index in [9.17, 15) is 17.0 Å². The molecule has 0 heterocycles. The zero-order valence-electron chi connectivity index (χ0n) is 11.2. The average Bonchev–Trinajstić information content (AvgIpc) is 2.26. The minimum absolute atomic E-state index is 0.0937. The van der Waals surface area contributed by atoms with Crippen molar-refractivity contribution in [2.24, 2.45) is 0 Å². The van der Waals surface area contributed by atoms with Crippen molar-refractivity contribution in [2.75, 3.05) is 18.1 Å². The summed E-state index contributed by atoms with van der Waals surface area (Å²) >= 11 is 0. The van der Waals surface area contributed by atoms with E-state index >= 15 is 0 Å². The first-order valence-corrected chi connectivity index (χ1v) is 8.86. The van der Waals surface area contributed by atoms with Gasteiger partial charge in [0.1, 0.15) is 5.82 Å². The second kappa shape index (κ2) is 6.58. The molecule has 0 aliphatic heterocycles. The minimum atomic E-state index is -3.69. The van der Waals surface area contributed by atoms with E-state index in [0.717, 1.165) is 0 Å². The topological polar surface area (TPSA) is 63.2 Å². The van der Waals surface area contributed by atoms with Crippen molar-refractivity contribution in [2.45, 2.75) is 25.7 Å². The van der Waals surface area contributed by atoms with Crippen LogP contribution in [0.3, 0.4) is 0 Å². The smallest absolute Gasteiger partial charge is 0.241 e. The summed E-state index contributed by atoms with van der Waals surface area (Å²) in [5, 5.41) is 0. The SMILES string of the molecule is CCS(=O)CCNS(=O)(=O)c1c(C)cc(F)cc1C. The molecule has 0 aliphatic rings. The molecule has 108 valence electrons. The number of aryl methyl sites for hydroxylation is 2. The largest absolute Gasteiger partial charge is 0.260 e. The van der Waals surface area contributed by atoms with Crippen LogP contribution in [-0.2, 0) is 20.8 Å². The maximum atomic E-state index is 13.1. The van der Waals surface area contributed by atoms with Gasteiger partial charge in [0.2, 0.25) is 10.0 Å². The predicted octanol–water partition coefficient (Wildman–Crippen LogP) is 1.49. The van der Waals surface area contributed by atoms with Crippen LogP contribution >= 0.6 is 0 Å². The van der Waals surface area contributed by atoms with Gasteiger partial charge in [0.15, 0.2) is 0 Å². The molecule has 1 rings (SSSR count). The van der Waals surface area contributed by atoms with Gasteiger partial charge >= 0.3 is 0 Å². The van der Waals surface area contributed by atoms with Crippen LogP contribution in [0.2, 0.25) is 0 Å². The van der Waals surface area contributed by atoms with Crippen molar-refractivity contribution in [1.82, 2.24) is 4.72 Å². The summed E-state index contributed by atoms with van der Waals surface area (Å²) in [6.45, 7) is 4.99. The number of hydrogen-bond acceptors (Lipinski definition) is 3. The molecule has 1 atom stereocenters. The van der Waals surface area contributed by atoms with Crippen molar-refractivity contribution < 1.29 is 17.0 Å². The standard InChI is InChI=1S/C12H18FNO3S2/c1-4-18(15)6-5-14-19(16,17)12-9(2)7-11(13)8-10(12)3/h7-8,14H,4-6H2,1-3H3. The Bertz CT molecular complexity index is 562. The molecule has 0 fully saturated rings. The molecule has 0 radical (unpaired) electrons. The molecule has 1 N–H and O–H groups in total. The predicted molar refractivity (Wildman–Crippen MR) is 74.6 cm³/mol. The molecule has 0 bridgehead atoms. The monoisotopic (exact) mass is 307 g/mol. The van der Waals surface area contributed by atoms with Gasteiger partial charge in [-0.05, 0) is 37.1 Å². The highest BCUT2D eigenvalue weighted by Gasteiger charge is 2.20. The Morgan fingerprint density at radius 3 is 2.26 bits per heavy atom. The van der Waals surface area contributed by atoms with E-state index in [0.29, 0.717) is 16.9 Å². The van der Waals surface area contributed by atoms with Gasteiger partial charge in [0.05, 0.1) is 4.90 Å². The van der Waals surface area contributed by atoms with Crippen molar-refractivity contribution in [3.8, 4) is 0 Å². The van der Waals surface area contributed by atoms with Gasteiger partial charge in [0, 0.05) is 28.9 Å². The highest BCUT2D eigenvalue weighted by Crippen LogP contribution is 2.20. The normalized spacial score (nSPS) is 13.5. The third-order valence-electron chi connectivity index (χ3n) is 2.64. The molecule has 0 aromatic heterocycles. The fourth-order valence-electron chi connectivity index (χ4n) is 1.83. The minimum Gasteiger partial charge on any atom is -0.260 e. The van der Waals surface area contributed by atoms with Gasteiger partial charge in [-0.2, -0.15) is 0 Å². The average molecular weight is 307 g/mol. The number of sulfonamides is 1.